The summed E-state index contributed by atoms with van der Waals surface area (Å²) in [6, 6.07) is 11.6. The van der Waals surface area contributed by atoms with Crippen molar-refractivity contribution in [2.45, 2.75) is 57.8 Å². The van der Waals surface area contributed by atoms with Gasteiger partial charge in [-0.15, -0.1) is 0 Å². The van der Waals surface area contributed by atoms with E-state index in [1.165, 1.54) is 17.0 Å². The Kier molecular flexibility index (Phi) is 9.37. The highest BCUT2D eigenvalue weighted by atomic mass is 16.6. The summed E-state index contributed by atoms with van der Waals surface area (Å²) in [7, 11) is 0.889. The van der Waals surface area contributed by atoms with E-state index in [2.05, 4.69) is 5.32 Å². The van der Waals surface area contributed by atoms with Gasteiger partial charge in [-0.2, -0.15) is 0 Å². The molecule has 0 spiro atoms. The van der Waals surface area contributed by atoms with Crippen molar-refractivity contribution in [1.29, 1.82) is 0 Å². The Morgan fingerprint density at radius 3 is 2.22 bits per heavy atom. The molecule has 0 aromatic heterocycles. The number of phenolic OH excluding ortho intramolecular Hbond substituents is 1. The van der Waals surface area contributed by atoms with Crippen LogP contribution in [0.4, 0.5) is 4.79 Å². The molecule has 1 aliphatic rings. The molecular formula is C25H31N3O8. The molecule has 2 aromatic rings. The standard InChI is InChI=1S/C24H28N2O6.CH3NO2/c1-24(2,3)32-23(31)25-19(12-15-8-10-18(27)11-9-15)21(28)26-14-17-7-5-4-6-16(17)13-20(26)22(29)30;1-2(3)4/h4-11,19-20,27H,12-14H2,1-3H3,(H,25,31)(H,29,30);1H3/t19-,20-;/m0./s1. The number of amides is 2. The zero-order valence-electron chi connectivity index (χ0n) is 20.6. The van der Waals surface area contributed by atoms with Gasteiger partial charge < -0.3 is 25.2 Å². The number of aromatic hydroxyl groups is 1. The minimum atomic E-state index is -1.10. The number of hydrogen-bond acceptors (Lipinski definition) is 7. The molecule has 3 rings (SSSR count). The van der Waals surface area contributed by atoms with Gasteiger partial charge in [0, 0.05) is 24.3 Å². The normalized spacial score (nSPS) is 15.4. The number of phenols is 1. The van der Waals surface area contributed by atoms with E-state index in [1.807, 2.05) is 24.3 Å². The molecule has 3 N–H and O–H groups in total. The van der Waals surface area contributed by atoms with E-state index in [9.17, 15) is 24.6 Å². The summed E-state index contributed by atoms with van der Waals surface area (Å²) in [6.45, 7) is 5.27. The van der Waals surface area contributed by atoms with Gasteiger partial charge in [0.25, 0.3) is 0 Å². The highest BCUT2D eigenvalue weighted by Gasteiger charge is 2.38. The molecule has 0 saturated heterocycles. The van der Waals surface area contributed by atoms with Gasteiger partial charge in [-0.25, -0.2) is 9.59 Å². The number of aliphatic carboxylic acids is 1. The topological polar surface area (TPSA) is 159 Å². The monoisotopic (exact) mass is 501 g/mol. The van der Waals surface area contributed by atoms with Gasteiger partial charge in [0.1, 0.15) is 23.4 Å². The fraction of sp³-hybridized carbons (Fsp3) is 0.400. The summed E-state index contributed by atoms with van der Waals surface area (Å²) in [5.41, 5.74) is 1.70. The Morgan fingerprint density at radius 2 is 1.69 bits per heavy atom. The van der Waals surface area contributed by atoms with Gasteiger partial charge >= 0.3 is 12.1 Å². The summed E-state index contributed by atoms with van der Waals surface area (Å²) in [5, 5.41) is 30.7. The summed E-state index contributed by atoms with van der Waals surface area (Å²) in [5.74, 6) is -1.53. The van der Waals surface area contributed by atoms with Crippen molar-refractivity contribution < 1.29 is 34.3 Å². The molecule has 0 saturated carbocycles. The van der Waals surface area contributed by atoms with Crippen LogP contribution in [0.3, 0.4) is 0 Å². The molecule has 2 amide bonds. The van der Waals surface area contributed by atoms with Crippen molar-refractivity contribution in [3.8, 4) is 5.75 Å². The number of carbonyl (C=O) groups excluding carboxylic acids is 2. The minimum Gasteiger partial charge on any atom is -0.508 e. The van der Waals surface area contributed by atoms with Crippen molar-refractivity contribution >= 4 is 18.0 Å². The highest BCUT2D eigenvalue weighted by Crippen LogP contribution is 2.25. The van der Waals surface area contributed by atoms with Crippen LogP contribution in [-0.4, -0.2) is 62.7 Å². The molecule has 0 fully saturated rings. The number of carbonyl (C=O) groups is 3. The number of rotatable bonds is 5. The number of nitrogens with zero attached hydrogens (tertiary/aromatic N) is 2. The molecule has 0 aliphatic carbocycles. The number of nitrogens with one attached hydrogen (secondary N) is 1. The van der Waals surface area contributed by atoms with Crippen molar-refractivity contribution in [2.75, 3.05) is 7.05 Å². The SMILES string of the molecule is CC(C)(C)OC(=O)N[C@@H](Cc1ccc(O)cc1)C(=O)N1Cc2ccccc2C[C@H]1C(=O)O.C[N+](=O)[O-]. The molecule has 11 nitrogen and oxygen atoms in total. The number of nitro groups is 1. The molecule has 0 bridgehead atoms. The maximum absolute atomic E-state index is 13.5. The van der Waals surface area contributed by atoms with E-state index in [4.69, 9.17) is 14.9 Å². The molecule has 0 unspecified atom stereocenters. The Bertz CT molecular complexity index is 1090. The van der Waals surface area contributed by atoms with Gasteiger partial charge in [0.15, 0.2) is 7.05 Å². The average molecular weight is 502 g/mol. The third kappa shape index (κ3) is 8.57. The highest BCUT2D eigenvalue weighted by molar-refractivity contribution is 5.90. The van der Waals surface area contributed by atoms with Gasteiger partial charge in [0.05, 0.1) is 0 Å². The van der Waals surface area contributed by atoms with E-state index >= 15 is 0 Å². The summed E-state index contributed by atoms with van der Waals surface area (Å²) < 4.78 is 5.32. The van der Waals surface area contributed by atoms with Crippen LogP contribution in [0.5, 0.6) is 5.75 Å². The third-order valence-electron chi connectivity index (χ3n) is 5.18. The summed E-state index contributed by atoms with van der Waals surface area (Å²) in [6.07, 6.45) is -0.461. The fourth-order valence-corrected chi connectivity index (χ4v) is 3.69. The number of ether oxygens (including phenoxy) is 1. The predicted octanol–water partition coefficient (Wildman–Crippen LogP) is 2.76. The lowest BCUT2D eigenvalue weighted by Crippen LogP contribution is -2.56. The largest absolute Gasteiger partial charge is 0.508 e. The maximum atomic E-state index is 13.5. The van der Waals surface area contributed by atoms with Crippen LogP contribution in [0, 0.1) is 10.1 Å². The zero-order chi connectivity index (χ0) is 27.0. The number of carboxylic acid groups (broad SMARTS) is 1. The molecule has 1 heterocycles. The molecule has 36 heavy (non-hydrogen) atoms. The van der Waals surface area contributed by atoms with Gasteiger partial charge in [-0.05, 0) is 49.6 Å². The van der Waals surface area contributed by atoms with Crippen LogP contribution in [-0.2, 0) is 33.7 Å². The second-order valence-electron chi connectivity index (χ2n) is 9.30. The number of fused-ring (bicyclic) bond motifs is 1. The quantitative estimate of drug-likeness (QED) is 0.416. The smallest absolute Gasteiger partial charge is 0.408 e. The molecule has 1 aliphatic heterocycles. The van der Waals surface area contributed by atoms with Crippen LogP contribution in [0.15, 0.2) is 48.5 Å². The Balaban J connectivity index is 0.00000106. The predicted molar refractivity (Wildman–Crippen MR) is 130 cm³/mol. The molecule has 0 radical (unpaired) electrons. The molecular weight excluding hydrogens is 470 g/mol. The molecule has 2 aromatic carbocycles. The maximum Gasteiger partial charge on any atom is 0.408 e. The second-order valence-corrected chi connectivity index (χ2v) is 9.30. The number of carboxylic acids is 1. The molecule has 11 heteroatoms. The van der Waals surface area contributed by atoms with Crippen LogP contribution < -0.4 is 5.32 Å². The third-order valence-corrected chi connectivity index (χ3v) is 5.18. The lowest BCUT2D eigenvalue weighted by Gasteiger charge is -2.37. The summed E-state index contributed by atoms with van der Waals surface area (Å²) in [4.78, 5) is 47.6. The Hall–Kier alpha value is -4.15. The van der Waals surface area contributed by atoms with Crippen LogP contribution in [0.2, 0.25) is 0 Å². The van der Waals surface area contributed by atoms with Gasteiger partial charge in [0.2, 0.25) is 5.91 Å². The number of hydrogen-bond donors (Lipinski definition) is 3. The van der Waals surface area contributed by atoms with Crippen LogP contribution in [0.1, 0.15) is 37.5 Å². The molecule has 2 atom stereocenters. The van der Waals surface area contributed by atoms with Crippen LogP contribution >= 0.6 is 0 Å². The van der Waals surface area contributed by atoms with E-state index in [1.54, 1.807) is 32.9 Å². The Morgan fingerprint density at radius 1 is 1.14 bits per heavy atom. The first-order valence-electron chi connectivity index (χ1n) is 11.2. The fourth-order valence-electron chi connectivity index (χ4n) is 3.69. The minimum absolute atomic E-state index is 0.0790. The van der Waals surface area contributed by atoms with Crippen molar-refractivity contribution in [3.63, 3.8) is 0 Å². The first-order chi connectivity index (χ1) is 16.8. The number of benzene rings is 2. The second kappa shape index (κ2) is 12.0. The first kappa shape index (κ1) is 28.1. The van der Waals surface area contributed by atoms with E-state index in [0.717, 1.165) is 18.2 Å². The van der Waals surface area contributed by atoms with Crippen molar-refractivity contribution in [1.82, 2.24) is 10.2 Å². The summed E-state index contributed by atoms with van der Waals surface area (Å²) >= 11 is 0. The number of alkyl carbamates (subject to hydrolysis) is 1. The van der Waals surface area contributed by atoms with Gasteiger partial charge in [-0.1, -0.05) is 36.4 Å². The van der Waals surface area contributed by atoms with E-state index < -0.39 is 40.6 Å². The first-order valence-corrected chi connectivity index (χ1v) is 11.2. The van der Waals surface area contributed by atoms with Gasteiger partial charge in [-0.3, -0.25) is 14.9 Å². The van der Waals surface area contributed by atoms with Crippen molar-refractivity contribution in [2.24, 2.45) is 0 Å². The molecule has 194 valence electrons. The Labute approximate surface area is 208 Å². The zero-order valence-corrected chi connectivity index (χ0v) is 20.6. The lowest BCUT2D eigenvalue weighted by atomic mass is 9.92. The van der Waals surface area contributed by atoms with E-state index in [-0.39, 0.29) is 25.1 Å². The lowest BCUT2D eigenvalue weighted by molar-refractivity contribution is -0.445. The van der Waals surface area contributed by atoms with Crippen molar-refractivity contribution in [3.05, 3.63) is 75.3 Å². The average Bonchev–Trinajstić information content (AvgIpc) is 2.77. The van der Waals surface area contributed by atoms with E-state index in [0.29, 0.717) is 5.56 Å². The van der Waals surface area contributed by atoms with Crippen LogP contribution in [0.25, 0.3) is 0 Å².